The minimum absolute atomic E-state index is 0.128. The van der Waals surface area contributed by atoms with Gasteiger partial charge in [0.2, 0.25) is 0 Å². The van der Waals surface area contributed by atoms with Gasteiger partial charge in [-0.05, 0) is 42.3 Å². The maximum Gasteiger partial charge on any atom is 0.338 e. The Hall–Kier alpha value is -3.74. The van der Waals surface area contributed by atoms with Gasteiger partial charge in [-0.1, -0.05) is 39.2 Å². The van der Waals surface area contributed by atoms with Crippen LogP contribution in [0.4, 0.5) is 11.4 Å². The molecule has 0 aromatic heterocycles. The first kappa shape index (κ1) is 23.5. The van der Waals surface area contributed by atoms with Crippen LogP contribution in [0.3, 0.4) is 0 Å². The van der Waals surface area contributed by atoms with Gasteiger partial charge in [0, 0.05) is 5.69 Å². The number of hydrogen-bond acceptors (Lipinski definition) is 6. The van der Waals surface area contributed by atoms with Crippen LogP contribution in [0.1, 0.15) is 34.6 Å². The van der Waals surface area contributed by atoms with E-state index in [9.17, 15) is 9.59 Å². The summed E-state index contributed by atoms with van der Waals surface area (Å²) in [5.41, 5.74) is 7.58. The number of carbonyl (C=O) groups excluding carboxylic acids is 2. The molecule has 7 nitrogen and oxygen atoms in total. The van der Waals surface area contributed by atoms with E-state index in [1.807, 2.05) is 13.8 Å². The van der Waals surface area contributed by atoms with E-state index < -0.39 is 11.9 Å². The van der Waals surface area contributed by atoms with Crippen molar-refractivity contribution in [3.63, 3.8) is 0 Å². The number of carbonyl (C=O) groups is 2. The van der Waals surface area contributed by atoms with Gasteiger partial charge in [0.25, 0.3) is 5.91 Å². The summed E-state index contributed by atoms with van der Waals surface area (Å²) in [7, 11) is 0. The number of benzene rings is 2. The monoisotopic (exact) mass is 424 g/mol. The first-order chi connectivity index (χ1) is 14.9. The molecule has 0 radical (unpaired) electrons. The largest absolute Gasteiger partial charge is 0.487 e. The molecule has 0 aliphatic heterocycles. The number of esters is 1. The maximum absolute atomic E-state index is 12.9. The minimum atomic E-state index is -0.469. The number of nitrogens with one attached hydrogen (secondary N) is 1. The fourth-order valence-corrected chi connectivity index (χ4v) is 2.55. The first-order valence-electron chi connectivity index (χ1n) is 9.85. The Kier molecular flexibility index (Phi) is 8.69. The van der Waals surface area contributed by atoms with Gasteiger partial charge in [-0.2, -0.15) is 0 Å². The number of rotatable bonds is 11. The normalized spacial score (nSPS) is 10.3. The van der Waals surface area contributed by atoms with Crippen LogP contribution < -0.4 is 20.5 Å². The molecule has 0 saturated heterocycles. The van der Waals surface area contributed by atoms with Gasteiger partial charge in [-0.25, -0.2) is 4.79 Å². The van der Waals surface area contributed by atoms with Crippen LogP contribution in [-0.2, 0) is 4.74 Å². The van der Waals surface area contributed by atoms with Crippen molar-refractivity contribution < 1.29 is 23.8 Å². The molecule has 0 heterocycles. The van der Waals surface area contributed by atoms with Gasteiger partial charge in [0.15, 0.2) is 11.5 Å². The van der Waals surface area contributed by atoms with Crippen molar-refractivity contribution in [2.75, 3.05) is 30.9 Å². The van der Waals surface area contributed by atoms with Crippen molar-refractivity contribution >= 4 is 23.3 Å². The van der Waals surface area contributed by atoms with E-state index >= 15 is 0 Å². The third kappa shape index (κ3) is 6.64. The fraction of sp³-hybridized carbons (Fsp3) is 0.250. The quantitative estimate of drug-likeness (QED) is 0.314. The molecule has 0 fully saturated rings. The van der Waals surface area contributed by atoms with Crippen molar-refractivity contribution in [2.24, 2.45) is 5.92 Å². The third-order valence-electron chi connectivity index (χ3n) is 4.00. The van der Waals surface area contributed by atoms with E-state index in [1.165, 1.54) is 6.08 Å². The summed E-state index contributed by atoms with van der Waals surface area (Å²) < 4.78 is 16.5. The number of nitrogen functional groups attached to an aromatic ring is 1. The lowest BCUT2D eigenvalue weighted by molar-refractivity contribution is 0.0549. The first-order valence-corrected chi connectivity index (χ1v) is 9.85. The van der Waals surface area contributed by atoms with Crippen molar-refractivity contribution in [1.29, 1.82) is 0 Å². The third-order valence-corrected chi connectivity index (χ3v) is 4.00. The highest BCUT2D eigenvalue weighted by Gasteiger charge is 2.21. The second-order valence-corrected chi connectivity index (χ2v) is 7.08. The Morgan fingerprint density at radius 2 is 1.68 bits per heavy atom. The molecule has 0 aliphatic rings. The van der Waals surface area contributed by atoms with Gasteiger partial charge in [-0.15, -0.1) is 0 Å². The topological polar surface area (TPSA) is 99.9 Å². The zero-order chi connectivity index (χ0) is 22.8. The molecule has 1 amide bonds. The van der Waals surface area contributed by atoms with E-state index in [-0.39, 0.29) is 30.4 Å². The summed E-state index contributed by atoms with van der Waals surface area (Å²) in [6.07, 6.45) is 3.06. The Labute approximate surface area is 182 Å². The number of nitrogens with two attached hydrogens (primary N) is 1. The van der Waals surface area contributed by atoms with Crippen LogP contribution in [-0.4, -0.2) is 31.7 Å². The van der Waals surface area contributed by atoms with E-state index in [0.717, 1.165) is 0 Å². The molecule has 2 aromatic carbocycles. The van der Waals surface area contributed by atoms with Crippen LogP contribution in [0.2, 0.25) is 0 Å². The molecule has 31 heavy (non-hydrogen) atoms. The lowest BCUT2D eigenvalue weighted by atomic mass is 10.1. The van der Waals surface area contributed by atoms with Gasteiger partial charge >= 0.3 is 5.97 Å². The Morgan fingerprint density at radius 3 is 2.29 bits per heavy atom. The summed E-state index contributed by atoms with van der Waals surface area (Å²) in [6.45, 7) is 11.9. The summed E-state index contributed by atoms with van der Waals surface area (Å²) >= 11 is 0. The molecule has 0 aliphatic carbocycles. The van der Waals surface area contributed by atoms with Gasteiger partial charge < -0.3 is 25.3 Å². The summed E-state index contributed by atoms with van der Waals surface area (Å²) in [6, 6.07) is 9.53. The van der Waals surface area contributed by atoms with Crippen molar-refractivity contribution in [3.8, 4) is 11.5 Å². The molecule has 3 N–H and O–H groups in total. The lowest BCUT2D eigenvalue weighted by Gasteiger charge is -2.18. The Bertz CT molecular complexity index is 936. The average Bonchev–Trinajstić information content (AvgIpc) is 2.75. The van der Waals surface area contributed by atoms with Crippen LogP contribution in [0.5, 0.6) is 11.5 Å². The van der Waals surface area contributed by atoms with Crippen LogP contribution in [0, 0.1) is 5.92 Å². The number of hydrogen-bond donors (Lipinski definition) is 2. The molecular formula is C24H28N2O5. The molecule has 0 spiro atoms. The molecule has 2 aromatic rings. The molecular weight excluding hydrogens is 396 g/mol. The van der Waals surface area contributed by atoms with E-state index in [1.54, 1.807) is 42.5 Å². The van der Waals surface area contributed by atoms with E-state index in [2.05, 4.69) is 18.5 Å². The molecule has 0 bridgehead atoms. The highest BCUT2D eigenvalue weighted by Crippen LogP contribution is 2.38. The fourth-order valence-electron chi connectivity index (χ4n) is 2.55. The number of amides is 1. The second-order valence-electron chi connectivity index (χ2n) is 7.08. The molecule has 0 atom stereocenters. The Balaban J connectivity index is 2.25. The van der Waals surface area contributed by atoms with Crippen LogP contribution in [0.15, 0.2) is 61.7 Å². The highest BCUT2D eigenvalue weighted by atomic mass is 16.5. The minimum Gasteiger partial charge on any atom is -0.487 e. The highest BCUT2D eigenvalue weighted by molar-refractivity contribution is 6.07. The average molecular weight is 424 g/mol. The van der Waals surface area contributed by atoms with Crippen LogP contribution in [0.25, 0.3) is 0 Å². The summed E-state index contributed by atoms with van der Waals surface area (Å²) in [4.78, 5) is 24.8. The van der Waals surface area contributed by atoms with E-state index in [0.29, 0.717) is 29.3 Å². The van der Waals surface area contributed by atoms with Gasteiger partial charge in [0.1, 0.15) is 13.2 Å². The van der Waals surface area contributed by atoms with E-state index in [4.69, 9.17) is 19.9 Å². The molecule has 0 saturated carbocycles. The zero-order valence-corrected chi connectivity index (χ0v) is 17.9. The second kappa shape index (κ2) is 11.4. The predicted molar refractivity (Wildman–Crippen MR) is 122 cm³/mol. The van der Waals surface area contributed by atoms with Crippen molar-refractivity contribution in [2.45, 2.75) is 13.8 Å². The molecule has 164 valence electrons. The smallest absolute Gasteiger partial charge is 0.338 e. The maximum atomic E-state index is 12.9. The molecule has 7 heteroatoms. The predicted octanol–water partition coefficient (Wildman–Crippen LogP) is 4.46. The zero-order valence-electron chi connectivity index (χ0n) is 17.9. The standard InChI is InChI=1S/C24H28N2O5/c1-5-13-29-21-19(11-12-20(25)22(21)31-15-16(3)4)23(27)26-18-9-7-17(8-10-18)24(28)30-14-6-2/h5-12,16H,1-2,13-15,25H2,3-4H3,(H,26,27). The summed E-state index contributed by atoms with van der Waals surface area (Å²) in [5.74, 6) is -0.0363. The lowest BCUT2D eigenvalue weighted by Crippen LogP contribution is -2.16. The van der Waals surface area contributed by atoms with Gasteiger partial charge in [0.05, 0.1) is 23.4 Å². The van der Waals surface area contributed by atoms with Crippen LogP contribution >= 0.6 is 0 Å². The van der Waals surface area contributed by atoms with Crippen molar-refractivity contribution in [1.82, 2.24) is 0 Å². The number of anilines is 2. The SMILES string of the molecule is C=CCOC(=O)c1ccc(NC(=O)c2ccc(N)c(OCC(C)C)c2OCC=C)cc1. The van der Waals surface area contributed by atoms with Crippen molar-refractivity contribution in [3.05, 3.63) is 72.8 Å². The summed E-state index contributed by atoms with van der Waals surface area (Å²) in [5, 5.41) is 2.79. The molecule has 0 unspecified atom stereocenters. The Morgan fingerprint density at radius 1 is 1.00 bits per heavy atom. The molecule has 2 rings (SSSR count). The number of ether oxygens (including phenoxy) is 3. The van der Waals surface area contributed by atoms with Gasteiger partial charge in [-0.3, -0.25) is 4.79 Å².